The van der Waals surface area contributed by atoms with Crippen LogP contribution in [0.1, 0.15) is 29.3 Å². The fourth-order valence-corrected chi connectivity index (χ4v) is 2.98. The summed E-state index contributed by atoms with van der Waals surface area (Å²) in [4.78, 5) is 25.9. The zero-order valence-electron chi connectivity index (χ0n) is 14.3. The summed E-state index contributed by atoms with van der Waals surface area (Å²) in [6.45, 7) is 3.45. The molecule has 3 rings (SSSR count). The quantitative estimate of drug-likeness (QED) is 0.822. The van der Waals surface area contributed by atoms with Crippen LogP contribution >= 0.6 is 0 Å². The number of hydrogen-bond acceptors (Lipinski definition) is 4. The Hall–Kier alpha value is -2.82. The van der Waals surface area contributed by atoms with E-state index < -0.39 is 0 Å². The fourth-order valence-electron chi connectivity index (χ4n) is 2.98. The summed E-state index contributed by atoms with van der Waals surface area (Å²) in [6, 6.07) is 15.1. The molecule has 0 unspecified atom stereocenters. The average Bonchev–Trinajstić information content (AvgIpc) is 3.06. The van der Waals surface area contributed by atoms with Gasteiger partial charge in [-0.1, -0.05) is 18.2 Å². The molecule has 0 aliphatic carbocycles. The van der Waals surface area contributed by atoms with E-state index in [0.717, 1.165) is 24.3 Å². The molecule has 0 aromatic heterocycles. The van der Waals surface area contributed by atoms with E-state index in [1.807, 2.05) is 35.2 Å². The van der Waals surface area contributed by atoms with Gasteiger partial charge < -0.3 is 15.0 Å². The number of amides is 1. The molecular formula is C20H22N2O3. The van der Waals surface area contributed by atoms with E-state index in [-0.39, 0.29) is 11.9 Å². The van der Waals surface area contributed by atoms with Crippen LogP contribution in [0.2, 0.25) is 0 Å². The van der Waals surface area contributed by atoms with E-state index in [1.165, 1.54) is 5.56 Å². The second kappa shape index (κ2) is 7.83. The Kier molecular flexibility index (Phi) is 5.33. The molecule has 1 aliphatic rings. The van der Waals surface area contributed by atoms with Crippen molar-refractivity contribution in [2.75, 3.05) is 29.9 Å². The number of rotatable bonds is 6. The summed E-state index contributed by atoms with van der Waals surface area (Å²) in [5.74, 6) is -0.197. The number of benzene rings is 2. The zero-order valence-corrected chi connectivity index (χ0v) is 14.3. The normalized spacial score (nSPS) is 12.6. The Morgan fingerprint density at radius 2 is 1.88 bits per heavy atom. The highest BCUT2D eigenvalue weighted by Gasteiger charge is 2.23. The summed E-state index contributed by atoms with van der Waals surface area (Å²) < 4.78 is 4.96. The Morgan fingerprint density at radius 3 is 2.64 bits per heavy atom. The maximum atomic E-state index is 12.4. The molecule has 5 nitrogen and oxygen atoms in total. The number of carbonyl (C=O) groups is 2. The van der Waals surface area contributed by atoms with Gasteiger partial charge in [0.15, 0.2) is 0 Å². The lowest BCUT2D eigenvalue weighted by atomic mass is 10.2. The average molecular weight is 338 g/mol. The van der Waals surface area contributed by atoms with Gasteiger partial charge in [0.1, 0.15) is 0 Å². The molecule has 2 aromatic carbocycles. The van der Waals surface area contributed by atoms with Gasteiger partial charge in [-0.25, -0.2) is 4.79 Å². The number of para-hydroxylation sites is 1. The number of hydrogen-bond donors (Lipinski definition) is 1. The largest absolute Gasteiger partial charge is 0.462 e. The summed E-state index contributed by atoms with van der Waals surface area (Å²) in [7, 11) is 0. The van der Waals surface area contributed by atoms with Gasteiger partial charge in [0.05, 0.1) is 12.2 Å². The van der Waals surface area contributed by atoms with Gasteiger partial charge in [0.2, 0.25) is 5.91 Å². The number of nitrogens with one attached hydrogen (secondary N) is 1. The van der Waals surface area contributed by atoms with E-state index in [1.54, 1.807) is 19.1 Å². The lowest BCUT2D eigenvalue weighted by Crippen LogP contribution is -2.30. The summed E-state index contributed by atoms with van der Waals surface area (Å²) >= 11 is 0. The zero-order chi connectivity index (χ0) is 17.6. The minimum atomic E-state index is -0.322. The smallest absolute Gasteiger partial charge is 0.338 e. The van der Waals surface area contributed by atoms with Crippen molar-refractivity contribution in [2.24, 2.45) is 0 Å². The van der Waals surface area contributed by atoms with Crippen LogP contribution in [0, 0.1) is 0 Å². The van der Waals surface area contributed by atoms with E-state index in [2.05, 4.69) is 11.4 Å². The first-order chi connectivity index (χ1) is 12.2. The molecule has 0 spiro atoms. The first-order valence-electron chi connectivity index (χ1n) is 8.58. The third kappa shape index (κ3) is 3.99. The van der Waals surface area contributed by atoms with Crippen molar-refractivity contribution < 1.29 is 14.3 Å². The highest BCUT2D eigenvalue weighted by atomic mass is 16.5. The molecule has 0 fully saturated rings. The molecule has 0 saturated heterocycles. The maximum Gasteiger partial charge on any atom is 0.338 e. The standard InChI is InChI=1S/C20H22N2O3/c1-2-25-20(24)16-7-9-17(10-8-16)21-13-11-19(23)22-14-12-15-5-3-4-6-18(15)22/h3-10,21H,2,11-14H2,1H3. The molecule has 0 saturated carbocycles. The van der Waals surface area contributed by atoms with Crippen LogP contribution in [0.3, 0.4) is 0 Å². The molecule has 130 valence electrons. The predicted octanol–water partition coefficient (Wildman–Crippen LogP) is 3.25. The number of fused-ring (bicyclic) bond motifs is 1. The van der Waals surface area contributed by atoms with Crippen molar-refractivity contribution in [2.45, 2.75) is 19.8 Å². The van der Waals surface area contributed by atoms with E-state index in [0.29, 0.717) is 25.1 Å². The molecule has 1 aliphatic heterocycles. The van der Waals surface area contributed by atoms with Gasteiger partial charge >= 0.3 is 5.97 Å². The summed E-state index contributed by atoms with van der Waals surface area (Å²) in [5, 5.41) is 3.22. The minimum Gasteiger partial charge on any atom is -0.462 e. The fraction of sp³-hybridized carbons (Fsp3) is 0.300. The number of esters is 1. The van der Waals surface area contributed by atoms with Gasteiger partial charge in [0.25, 0.3) is 0 Å². The van der Waals surface area contributed by atoms with E-state index >= 15 is 0 Å². The second-order valence-electron chi connectivity index (χ2n) is 5.90. The molecule has 25 heavy (non-hydrogen) atoms. The number of nitrogens with zero attached hydrogens (tertiary/aromatic N) is 1. The molecule has 1 amide bonds. The lowest BCUT2D eigenvalue weighted by molar-refractivity contribution is -0.118. The van der Waals surface area contributed by atoms with Crippen LogP contribution < -0.4 is 10.2 Å². The summed E-state index contributed by atoms with van der Waals surface area (Å²) in [6.07, 6.45) is 1.35. The monoisotopic (exact) mass is 338 g/mol. The number of ether oxygens (including phenoxy) is 1. The second-order valence-corrected chi connectivity index (χ2v) is 5.90. The van der Waals surface area contributed by atoms with Crippen LogP contribution in [0.5, 0.6) is 0 Å². The molecule has 1 N–H and O–H groups in total. The van der Waals surface area contributed by atoms with Crippen LogP contribution in [0.4, 0.5) is 11.4 Å². The van der Waals surface area contributed by atoms with Crippen molar-refractivity contribution in [1.29, 1.82) is 0 Å². The Morgan fingerprint density at radius 1 is 1.12 bits per heavy atom. The minimum absolute atomic E-state index is 0.126. The van der Waals surface area contributed by atoms with Crippen LogP contribution in [-0.4, -0.2) is 31.6 Å². The van der Waals surface area contributed by atoms with E-state index in [9.17, 15) is 9.59 Å². The van der Waals surface area contributed by atoms with Crippen molar-refractivity contribution >= 4 is 23.3 Å². The van der Waals surface area contributed by atoms with Crippen molar-refractivity contribution in [1.82, 2.24) is 0 Å². The third-order valence-electron chi connectivity index (χ3n) is 4.25. The first-order valence-corrected chi connectivity index (χ1v) is 8.58. The molecule has 0 bridgehead atoms. The third-order valence-corrected chi connectivity index (χ3v) is 4.25. The van der Waals surface area contributed by atoms with Gasteiger partial charge in [-0.05, 0) is 49.2 Å². The van der Waals surface area contributed by atoms with Gasteiger partial charge in [-0.2, -0.15) is 0 Å². The van der Waals surface area contributed by atoms with E-state index in [4.69, 9.17) is 4.74 Å². The highest BCUT2D eigenvalue weighted by Crippen LogP contribution is 2.27. The topological polar surface area (TPSA) is 58.6 Å². The molecule has 0 atom stereocenters. The van der Waals surface area contributed by atoms with Gasteiger partial charge in [0, 0.05) is 30.9 Å². The number of anilines is 2. The van der Waals surface area contributed by atoms with Crippen molar-refractivity contribution in [3.8, 4) is 0 Å². The first kappa shape index (κ1) is 17.0. The molecule has 5 heteroatoms. The number of carbonyl (C=O) groups excluding carboxylic acids is 2. The van der Waals surface area contributed by atoms with Crippen LogP contribution in [0.25, 0.3) is 0 Å². The summed E-state index contributed by atoms with van der Waals surface area (Å²) in [5.41, 5.74) is 3.67. The molecule has 0 radical (unpaired) electrons. The van der Waals surface area contributed by atoms with Crippen molar-refractivity contribution in [3.05, 3.63) is 59.7 Å². The predicted molar refractivity (Wildman–Crippen MR) is 98.0 cm³/mol. The lowest BCUT2D eigenvalue weighted by Gasteiger charge is -2.17. The van der Waals surface area contributed by atoms with Gasteiger partial charge in [-0.15, -0.1) is 0 Å². The Balaban J connectivity index is 1.50. The Bertz CT molecular complexity index is 756. The van der Waals surface area contributed by atoms with Gasteiger partial charge in [-0.3, -0.25) is 4.79 Å². The molecule has 1 heterocycles. The highest BCUT2D eigenvalue weighted by molar-refractivity contribution is 5.95. The molecule has 2 aromatic rings. The maximum absolute atomic E-state index is 12.4. The van der Waals surface area contributed by atoms with Crippen LogP contribution in [0.15, 0.2) is 48.5 Å². The van der Waals surface area contributed by atoms with Crippen LogP contribution in [-0.2, 0) is 16.0 Å². The Labute approximate surface area is 147 Å². The SMILES string of the molecule is CCOC(=O)c1ccc(NCCC(=O)N2CCc3ccccc32)cc1. The molecular weight excluding hydrogens is 316 g/mol. The van der Waals surface area contributed by atoms with Crippen molar-refractivity contribution in [3.63, 3.8) is 0 Å².